The van der Waals surface area contributed by atoms with Gasteiger partial charge in [-0.2, -0.15) is 5.26 Å². The molecule has 1 aromatic carbocycles. The maximum atomic E-state index is 13.5. The van der Waals surface area contributed by atoms with E-state index in [1.165, 1.54) is 18.2 Å². The van der Waals surface area contributed by atoms with Crippen LogP contribution >= 0.6 is 0 Å². The molecule has 7 heteroatoms. The number of rotatable bonds is 6. The monoisotopic (exact) mass is 356 g/mol. The Kier molecular flexibility index (Phi) is 6.02. The standard InChI is InChI=1S/C19H17FN2O4/c1-11-13(12(2)22-19(25)15(11)9-21)7-8-18(24)26-10-17(23)14-5-3-4-6-16(14)20/h3-6H,7-8,10H2,1-2H3,(H,22,25). The first kappa shape index (κ1) is 19.1. The Balaban J connectivity index is 1.98. The Morgan fingerprint density at radius 2 is 1.96 bits per heavy atom. The SMILES string of the molecule is Cc1[nH]c(=O)c(C#N)c(C)c1CCC(=O)OCC(=O)c1ccccc1F. The molecule has 0 aliphatic rings. The van der Waals surface area contributed by atoms with E-state index >= 15 is 0 Å². The number of pyridine rings is 1. The number of nitrogens with zero attached hydrogens (tertiary/aromatic N) is 1. The van der Waals surface area contributed by atoms with E-state index < -0.39 is 29.7 Å². The molecule has 0 unspecified atom stereocenters. The molecule has 134 valence electrons. The van der Waals surface area contributed by atoms with Gasteiger partial charge in [0, 0.05) is 12.1 Å². The Hall–Kier alpha value is -3.27. The van der Waals surface area contributed by atoms with Crippen molar-refractivity contribution in [2.24, 2.45) is 0 Å². The number of ether oxygens (including phenoxy) is 1. The number of nitrogens with one attached hydrogen (secondary N) is 1. The van der Waals surface area contributed by atoms with Crippen LogP contribution in [0.2, 0.25) is 0 Å². The zero-order valence-electron chi connectivity index (χ0n) is 14.4. The molecule has 1 N–H and O–H groups in total. The van der Waals surface area contributed by atoms with Crippen LogP contribution in [0.25, 0.3) is 0 Å². The van der Waals surface area contributed by atoms with E-state index in [0.29, 0.717) is 16.8 Å². The largest absolute Gasteiger partial charge is 0.457 e. The van der Waals surface area contributed by atoms with Crippen molar-refractivity contribution in [2.75, 3.05) is 6.61 Å². The Labute approximate surface area is 149 Å². The van der Waals surface area contributed by atoms with Crippen molar-refractivity contribution in [3.05, 3.63) is 68.4 Å². The number of halogens is 1. The van der Waals surface area contributed by atoms with Crippen LogP contribution in [-0.4, -0.2) is 23.3 Å². The minimum Gasteiger partial charge on any atom is -0.457 e. The number of benzene rings is 1. The molecule has 2 aromatic rings. The molecule has 0 saturated heterocycles. The molecule has 1 heterocycles. The van der Waals surface area contributed by atoms with E-state index in [0.717, 1.165) is 6.07 Å². The topological polar surface area (TPSA) is 100 Å². The third-order valence-corrected chi connectivity index (χ3v) is 4.04. The van der Waals surface area contributed by atoms with Gasteiger partial charge in [-0.25, -0.2) is 4.39 Å². The number of ketones is 1. The highest BCUT2D eigenvalue weighted by Gasteiger charge is 2.16. The number of carbonyl (C=O) groups is 2. The van der Waals surface area contributed by atoms with Crippen LogP contribution in [0.1, 0.15) is 39.2 Å². The van der Waals surface area contributed by atoms with Crippen LogP contribution in [-0.2, 0) is 16.0 Å². The number of esters is 1. The van der Waals surface area contributed by atoms with Crippen molar-refractivity contribution < 1.29 is 18.7 Å². The Morgan fingerprint density at radius 1 is 1.27 bits per heavy atom. The molecule has 0 atom stereocenters. The molecule has 0 saturated carbocycles. The highest BCUT2D eigenvalue weighted by Crippen LogP contribution is 2.15. The molecule has 0 bridgehead atoms. The quantitative estimate of drug-likeness (QED) is 0.633. The van der Waals surface area contributed by atoms with Gasteiger partial charge in [0.2, 0.25) is 5.78 Å². The van der Waals surface area contributed by atoms with Gasteiger partial charge in [-0.05, 0) is 43.5 Å². The van der Waals surface area contributed by atoms with Crippen molar-refractivity contribution in [3.63, 3.8) is 0 Å². The second-order valence-electron chi connectivity index (χ2n) is 5.73. The average molecular weight is 356 g/mol. The first-order valence-electron chi connectivity index (χ1n) is 7.91. The molecule has 2 rings (SSSR count). The Bertz CT molecular complexity index is 957. The van der Waals surface area contributed by atoms with Crippen molar-refractivity contribution in [2.45, 2.75) is 26.7 Å². The summed E-state index contributed by atoms with van der Waals surface area (Å²) in [6, 6.07) is 7.30. The molecule has 0 radical (unpaired) electrons. The van der Waals surface area contributed by atoms with E-state index in [1.54, 1.807) is 13.8 Å². The van der Waals surface area contributed by atoms with Crippen LogP contribution in [0.4, 0.5) is 4.39 Å². The Morgan fingerprint density at radius 3 is 2.62 bits per heavy atom. The summed E-state index contributed by atoms with van der Waals surface area (Å²) < 4.78 is 18.4. The minimum absolute atomic E-state index is 0.00805. The lowest BCUT2D eigenvalue weighted by atomic mass is 9.99. The smallest absolute Gasteiger partial charge is 0.306 e. The summed E-state index contributed by atoms with van der Waals surface area (Å²) in [5.74, 6) is -1.92. The summed E-state index contributed by atoms with van der Waals surface area (Å²) in [6.45, 7) is 2.77. The second-order valence-corrected chi connectivity index (χ2v) is 5.73. The number of aromatic amines is 1. The summed E-state index contributed by atoms with van der Waals surface area (Å²) in [5, 5.41) is 9.04. The van der Waals surface area contributed by atoms with Crippen molar-refractivity contribution in [1.29, 1.82) is 5.26 Å². The molecular weight excluding hydrogens is 339 g/mol. The predicted molar refractivity (Wildman–Crippen MR) is 91.3 cm³/mol. The van der Waals surface area contributed by atoms with Crippen LogP contribution in [0.3, 0.4) is 0 Å². The lowest BCUT2D eigenvalue weighted by Crippen LogP contribution is -2.18. The van der Waals surface area contributed by atoms with Crippen molar-refractivity contribution in [3.8, 4) is 6.07 Å². The molecule has 0 fully saturated rings. The van der Waals surface area contributed by atoms with Gasteiger partial charge in [-0.15, -0.1) is 0 Å². The first-order chi connectivity index (χ1) is 12.3. The third kappa shape index (κ3) is 4.22. The normalized spacial score (nSPS) is 10.2. The summed E-state index contributed by atoms with van der Waals surface area (Å²) in [5.41, 5.74) is 1.17. The number of carbonyl (C=O) groups excluding carboxylic acids is 2. The van der Waals surface area contributed by atoms with E-state index in [1.807, 2.05) is 6.07 Å². The molecule has 6 nitrogen and oxygen atoms in total. The minimum atomic E-state index is -0.669. The number of hydrogen-bond acceptors (Lipinski definition) is 5. The third-order valence-electron chi connectivity index (χ3n) is 4.04. The molecular formula is C19H17FN2O4. The fourth-order valence-corrected chi connectivity index (χ4v) is 2.63. The van der Waals surface area contributed by atoms with Gasteiger partial charge >= 0.3 is 5.97 Å². The molecule has 0 spiro atoms. The summed E-state index contributed by atoms with van der Waals surface area (Å²) in [4.78, 5) is 38.0. The number of aryl methyl sites for hydroxylation is 1. The molecule has 0 aliphatic heterocycles. The van der Waals surface area contributed by atoms with E-state index in [2.05, 4.69) is 4.98 Å². The van der Waals surface area contributed by atoms with Gasteiger partial charge in [0.25, 0.3) is 5.56 Å². The number of aromatic nitrogens is 1. The summed E-state index contributed by atoms with van der Waals surface area (Å²) in [7, 11) is 0. The molecule has 0 aliphatic carbocycles. The zero-order valence-corrected chi connectivity index (χ0v) is 14.4. The lowest BCUT2D eigenvalue weighted by Gasteiger charge is -2.10. The number of H-pyrrole nitrogens is 1. The van der Waals surface area contributed by atoms with Gasteiger partial charge in [0.05, 0.1) is 5.56 Å². The molecule has 0 amide bonds. The lowest BCUT2D eigenvalue weighted by molar-refractivity contribution is -0.142. The van der Waals surface area contributed by atoms with Gasteiger partial charge in [-0.1, -0.05) is 12.1 Å². The number of Topliss-reactive ketones (excluding diaryl/α,β-unsaturated/α-hetero) is 1. The average Bonchev–Trinajstić information content (AvgIpc) is 2.60. The fourth-order valence-electron chi connectivity index (χ4n) is 2.63. The van der Waals surface area contributed by atoms with Crippen LogP contribution < -0.4 is 5.56 Å². The summed E-state index contributed by atoms with van der Waals surface area (Å²) in [6.07, 6.45) is 0.207. The van der Waals surface area contributed by atoms with Crippen molar-refractivity contribution >= 4 is 11.8 Å². The highest BCUT2D eigenvalue weighted by atomic mass is 19.1. The fraction of sp³-hybridized carbons (Fsp3) is 0.263. The maximum Gasteiger partial charge on any atom is 0.306 e. The molecule has 26 heavy (non-hydrogen) atoms. The van der Waals surface area contributed by atoms with E-state index in [-0.39, 0.29) is 24.0 Å². The predicted octanol–water partition coefficient (Wildman–Crippen LogP) is 2.36. The second kappa shape index (κ2) is 8.21. The van der Waals surface area contributed by atoms with E-state index in [9.17, 15) is 18.8 Å². The van der Waals surface area contributed by atoms with Crippen LogP contribution in [0.5, 0.6) is 0 Å². The first-order valence-corrected chi connectivity index (χ1v) is 7.91. The maximum absolute atomic E-state index is 13.5. The van der Waals surface area contributed by atoms with E-state index in [4.69, 9.17) is 10.00 Å². The van der Waals surface area contributed by atoms with Crippen molar-refractivity contribution in [1.82, 2.24) is 4.98 Å². The van der Waals surface area contributed by atoms with Crippen LogP contribution in [0.15, 0.2) is 29.1 Å². The van der Waals surface area contributed by atoms with Crippen LogP contribution in [0, 0.1) is 31.0 Å². The number of nitriles is 1. The number of hydrogen-bond donors (Lipinski definition) is 1. The van der Waals surface area contributed by atoms with Gasteiger partial charge < -0.3 is 9.72 Å². The van der Waals surface area contributed by atoms with Gasteiger partial charge in [-0.3, -0.25) is 14.4 Å². The summed E-state index contributed by atoms with van der Waals surface area (Å²) >= 11 is 0. The zero-order chi connectivity index (χ0) is 19.3. The van der Waals surface area contributed by atoms with Gasteiger partial charge in [0.1, 0.15) is 17.4 Å². The van der Waals surface area contributed by atoms with Gasteiger partial charge in [0.15, 0.2) is 6.61 Å². The molecule has 1 aromatic heterocycles. The highest BCUT2D eigenvalue weighted by molar-refractivity contribution is 5.98.